The molecule has 3 rings (SSSR count). The molecule has 1 fully saturated rings. The Morgan fingerprint density at radius 3 is 2.80 bits per heavy atom. The molecular weight excluding hydrogens is 260 g/mol. The molecule has 1 aromatic heterocycles. The van der Waals surface area contributed by atoms with Crippen molar-refractivity contribution < 1.29 is 18.6 Å². The fraction of sp³-hybridized carbons (Fsp3) is 0.385. The highest BCUT2D eigenvalue weighted by atomic mass is 16.4. The summed E-state index contributed by atoms with van der Waals surface area (Å²) >= 11 is 0. The minimum atomic E-state index is -0.634. The zero-order valence-corrected chi connectivity index (χ0v) is 11.6. The highest BCUT2D eigenvalue weighted by Gasteiger charge is 2.55. The van der Waals surface area contributed by atoms with Crippen LogP contribution in [0, 0.1) is 13.8 Å². The van der Waals surface area contributed by atoms with Crippen molar-refractivity contribution in [3.05, 3.63) is 24.1 Å². The lowest BCUT2D eigenvalue weighted by Crippen LogP contribution is -2.63. The summed E-state index contributed by atoms with van der Waals surface area (Å²) in [5.41, 5.74) is 0.832. The largest absolute Gasteiger partial charge is 0.507 e. The van der Waals surface area contributed by atoms with Gasteiger partial charge in [0.05, 0.1) is 0 Å². The Hall–Kier alpha value is -2.44. The molecule has 2 aliphatic rings. The van der Waals surface area contributed by atoms with Crippen molar-refractivity contribution in [1.29, 1.82) is 0 Å². The van der Waals surface area contributed by atoms with E-state index < -0.39 is 12.1 Å². The number of hydrogen-bond acceptors (Lipinski definition) is 4. The summed E-state index contributed by atoms with van der Waals surface area (Å²) in [5, 5.41) is 0. The number of carbonyl (C=O) groups is 2. The monoisotopic (exact) mass is 275 g/mol. The maximum atomic E-state index is 12.6. The van der Waals surface area contributed by atoms with E-state index in [1.807, 2.05) is 13.8 Å². The number of nitrogens with zero attached hydrogens (tertiary/aromatic N) is 4. The van der Waals surface area contributed by atoms with Crippen molar-refractivity contribution in [3.63, 3.8) is 0 Å². The molecule has 3 heterocycles. The molecule has 7 nitrogen and oxygen atoms in total. The molecule has 1 atom stereocenters. The first-order valence-electron chi connectivity index (χ1n) is 6.27. The van der Waals surface area contributed by atoms with Crippen LogP contribution in [0.15, 0.2) is 22.1 Å². The van der Waals surface area contributed by atoms with E-state index in [4.69, 9.17) is 4.42 Å². The Bertz CT molecular complexity index is 673. The van der Waals surface area contributed by atoms with Crippen LogP contribution in [0.3, 0.4) is 0 Å². The van der Waals surface area contributed by atoms with E-state index in [-0.39, 0.29) is 12.5 Å². The van der Waals surface area contributed by atoms with Gasteiger partial charge in [-0.15, -0.1) is 6.58 Å². The predicted octanol–water partition coefficient (Wildman–Crippen LogP) is 0.849. The molecule has 0 aromatic carbocycles. The van der Waals surface area contributed by atoms with E-state index in [2.05, 4.69) is 11.6 Å². The zero-order chi connectivity index (χ0) is 14.6. The van der Waals surface area contributed by atoms with Crippen molar-refractivity contribution in [2.24, 2.45) is 4.99 Å². The molecule has 0 saturated carbocycles. The SMILES string of the molecule is C=CCN1C(=O)C2C(=Nc3oc(C)c(C)[n+]32)N(C)C1=O. The highest BCUT2D eigenvalue weighted by Crippen LogP contribution is 2.30. The second-order valence-corrected chi connectivity index (χ2v) is 4.85. The van der Waals surface area contributed by atoms with Gasteiger partial charge in [-0.1, -0.05) is 6.08 Å². The van der Waals surface area contributed by atoms with Gasteiger partial charge in [-0.2, -0.15) is 4.57 Å². The van der Waals surface area contributed by atoms with E-state index in [0.29, 0.717) is 17.6 Å². The summed E-state index contributed by atoms with van der Waals surface area (Å²) in [7, 11) is 1.60. The van der Waals surface area contributed by atoms with E-state index >= 15 is 0 Å². The van der Waals surface area contributed by atoms with Gasteiger partial charge in [0, 0.05) is 25.5 Å². The minimum Gasteiger partial charge on any atom is -0.389 e. The minimum absolute atomic E-state index is 0.178. The first kappa shape index (κ1) is 12.6. The highest BCUT2D eigenvalue weighted by molar-refractivity contribution is 6.19. The number of amides is 3. The van der Waals surface area contributed by atoms with E-state index in [9.17, 15) is 9.59 Å². The Balaban J connectivity index is 2.13. The molecule has 20 heavy (non-hydrogen) atoms. The summed E-state index contributed by atoms with van der Waals surface area (Å²) in [6.45, 7) is 7.44. The standard InChI is InChI=1S/C13H15N4O3/c1-5-6-16-11(18)9-10(15(4)13(16)19)14-12-17(9)7(2)8(3)20-12/h5,9H,1,6H2,2-4H3/q+1. The lowest BCUT2D eigenvalue weighted by Gasteiger charge is -2.31. The second-order valence-electron chi connectivity index (χ2n) is 4.85. The second kappa shape index (κ2) is 4.03. The fourth-order valence-corrected chi connectivity index (χ4v) is 2.53. The quantitative estimate of drug-likeness (QED) is 0.593. The molecule has 104 valence electrons. The van der Waals surface area contributed by atoms with E-state index in [0.717, 1.165) is 5.69 Å². The number of aryl methyl sites for hydroxylation is 1. The molecule has 0 bridgehead atoms. The summed E-state index contributed by atoms with van der Waals surface area (Å²) in [4.78, 5) is 31.5. The van der Waals surface area contributed by atoms with Crippen LogP contribution in [0.5, 0.6) is 0 Å². The number of rotatable bonds is 2. The topological polar surface area (TPSA) is 70.0 Å². The zero-order valence-electron chi connectivity index (χ0n) is 11.6. The number of imide groups is 1. The van der Waals surface area contributed by atoms with Crippen LogP contribution >= 0.6 is 0 Å². The summed E-state index contributed by atoms with van der Waals surface area (Å²) in [5.74, 6) is 0.812. The average Bonchev–Trinajstić information content (AvgIpc) is 2.91. The number of aliphatic imine (C=N–C) groups is 1. The summed E-state index contributed by atoms with van der Waals surface area (Å²) in [6.07, 6.45) is 1.53. The van der Waals surface area contributed by atoms with Crippen molar-refractivity contribution in [1.82, 2.24) is 9.80 Å². The van der Waals surface area contributed by atoms with Gasteiger partial charge in [0.25, 0.3) is 17.8 Å². The molecule has 0 aliphatic carbocycles. The third-order valence-electron chi connectivity index (χ3n) is 3.71. The van der Waals surface area contributed by atoms with Crippen molar-refractivity contribution >= 4 is 23.8 Å². The molecule has 1 saturated heterocycles. The van der Waals surface area contributed by atoms with Crippen LogP contribution < -0.4 is 4.57 Å². The average molecular weight is 275 g/mol. The molecule has 0 radical (unpaired) electrons. The molecule has 0 spiro atoms. The van der Waals surface area contributed by atoms with Crippen LogP contribution in [0.1, 0.15) is 17.5 Å². The van der Waals surface area contributed by atoms with Crippen molar-refractivity contribution in [2.75, 3.05) is 13.6 Å². The lowest BCUT2D eigenvalue weighted by molar-refractivity contribution is -0.685. The number of fused-ring (bicyclic) bond motifs is 3. The molecule has 0 N–H and O–H groups in total. The van der Waals surface area contributed by atoms with Crippen molar-refractivity contribution in [2.45, 2.75) is 19.9 Å². The number of aromatic nitrogens is 1. The summed E-state index contributed by atoms with van der Waals surface area (Å²) in [6, 6.07) is -0.677. The Kier molecular flexibility index (Phi) is 2.53. The van der Waals surface area contributed by atoms with Gasteiger partial charge >= 0.3 is 12.0 Å². The molecule has 7 heteroatoms. The van der Waals surface area contributed by atoms with Gasteiger partial charge in [-0.25, -0.2) is 4.79 Å². The third-order valence-corrected chi connectivity index (χ3v) is 3.71. The van der Waals surface area contributed by atoms with Crippen LogP contribution in [0.25, 0.3) is 0 Å². The van der Waals surface area contributed by atoms with Gasteiger partial charge in [-0.05, 0) is 6.92 Å². The normalized spacial score (nSPS) is 20.9. The fourth-order valence-electron chi connectivity index (χ4n) is 2.53. The van der Waals surface area contributed by atoms with Crippen LogP contribution in [0.2, 0.25) is 0 Å². The maximum absolute atomic E-state index is 12.6. The molecule has 1 aromatic rings. The number of likely N-dealkylation sites (N-methyl/N-ethyl adjacent to an activating group) is 1. The summed E-state index contributed by atoms with van der Waals surface area (Å²) < 4.78 is 7.25. The molecule has 1 unspecified atom stereocenters. The van der Waals surface area contributed by atoms with E-state index in [1.54, 1.807) is 11.6 Å². The number of oxazole rings is 1. The van der Waals surface area contributed by atoms with Gasteiger partial charge in [0.1, 0.15) is 5.69 Å². The smallest absolute Gasteiger partial charge is 0.389 e. The predicted molar refractivity (Wildman–Crippen MR) is 69.6 cm³/mol. The van der Waals surface area contributed by atoms with Gasteiger partial charge in [0.15, 0.2) is 5.76 Å². The van der Waals surface area contributed by atoms with Crippen LogP contribution in [-0.2, 0) is 4.79 Å². The molecule has 2 aliphatic heterocycles. The number of carbonyl (C=O) groups excluding carboxylic acids is 2. The molecule has 3 amide bonds. The Morgan fingerprint density at radius 2 is 2.15 bits per heavy atom. The Morgan fingerprint density at radius 1 is 1.45 bits per heavy atom. The van der Waals surface area contributed by atoms with Gasteiger partial charge in [0.2, 0.25) is 0 Å². The van der Waals surface area contributed by atoms with Crippen molar-refractivity contribution in [3.8, 4) is 0 Å². The molecular formula is C13H15N4O3+. The van der Waals surface area contributed by atoms with Gasteiger partial charge in [-0.3, -0.25) is 14.6 Å². The van der Waals surface area contributed by atoms with Crippen LogP contribution in [0.4, 0.5) is 10.8 Å². The number of urea groups is 1. The van der Waals surface area contributed by atoms with Crippen LogP contribution in [-0.4, -0.2) is 41.2 Å². The first-order chi connectivity index (χ1) is 9.47. The maximum Gasteiger partial charge on any atom is 0.507 e. The number of amidine groups is 1. The number of hydrogen-bond donors (Lipinski definition) is 0. The first-order valence-corrected chi connectivity index (χ1v) is 6.27. The Labute approximate surface area is 115 Å². The van der Waals surface area contributed by atoms with E-state index in [1.165, 1.54) is 15.9 Å². The third kappa shape index (κ3) is 1.40. The van der Waals surface area contributed by atoms with Gasteiger partial charge < -0.3 is 4.42 Å². The lowest BCUT2D eigenvalue weighted by atomic mass is 10.1.